The summed E-state index contributed by atoms with van der Waals surface area (Å²) in [5.41, 5.74) is 12.1. The summed E-state index contributed by atoms with van der Waals surface area (Å²) in [5.74, 6) is 0. The number of hydrogen-bond donors (Lipinski definition) is 0. The minimum atomic E-state index is -3.20. The second-order valence-electron chi connectivity index (χ2n) is 21.5. The Morgan fingerprint density at radius 2 is 0.402 bits per heavy atom. The van der Waals surface area contributed by atoms with Crippen LogP contribution in [0.3, 0.4) is 0 Å². The van der Waals surface area contributed by atoms with Crippen molar-refractivity contribution in [3.05, 3.63) is 330 Å². The van der Waals surface area contributed by atoms with Gasteiger partial charge in [-0.1, -0.05) is 48.5 Å². The van der Waals surface area contributed by atoms with Gasteiger partial charge < -0.3 is 0 Å². The van der Waals surface area contributed by atoms with Gasteiger partial charge in [-0.25, -0.2) is 0 Å². The van der Waals surface area contributed by atoms with E-state index in [4.69, 9.17) is 34.9 Å². The normalized spacial score (nSPS) is 11.3. The van der Waals surface area contributed by atoms with Gasteiger partial charge in [0.1, 0.15) is 0 Å². The number of hydrogen-bond acceptors (Lipinski definition) is 14. The molecule has 15 rings (SSSR count). The van der Waals surface area contributed by atoms with Crippen molar-refractivity contribution in [1.29, 1.82) is 0 Å². The predicted octanol–water partition coefficient (Wildman–Crippen LogP) is 9.33. The van der Waals surface area contributed by atoms with Crippen LogP contribution in [0.25, 0.3) is 79.2 Å². The van der Waals surface area contributed by atoms with E-state index in [1.165, 1.54) is 20.7 Å². The SMILES string of the molecule is c1ccc([Si](c2ccnc(-c3ccccn3)c2)(c2ccnc(-c3ccccn3)c2)c2ccnc(-c3ccccn3)c2)cc1.c1cncc(-c2cc([Si](c3ccnc(-c4cccnc4)c3)(c3ccnc(-c4cccnc4)c3)c3ccnc(-c4cccnc4)c3)ccn2)c1. The third kappa shape index (κ3) is 11.7. The first-order valence-corrected chi connectivity index (χ1v) is 33.8. The molecular formula is C76H54N14Si2. The van der Waals surface area contributed by atoms with Crippen LogP contribution in [-0.2, 0) is 0 Å². The first-order valence-electron chi connectivity index (χ1n) is 29.8. The van der Waals surface area contributed by atoms with Crippen LogP contribution in [0.5, 0.6) is 0 Å². The van der Waals surface area contributed by atoms with E-state index in [0.29, 0.717) is 0 Å². The van der Waals surface area contributed by atoms with Crippen molar-refractivity contribution in [2.45, 2.75) is 0 Å². The molecule has 0 N–H and O–H groups in total. The summed E-state index contributed by atoms with van der Waals surface area (Å²) in [7, 11) is -6.19. The third-order valence-electron chi connectivity index (χ3n) is 16.2. The summed E-state index contributed by atoms with van der Waals surface area (Å²) in [5, 5.41) is 9.28. The summed E-state index contributed by atoms with van der Waals surface area (Å²) >= 11 is 0. The van der Waals surface area contributed by atoms with Gasteiger partial charge in [0, 0.05) is 134 Å². The van der Waals surface area contributed by atoms with Crippen molar-refractivity contribution in [2.75, 3.05) is 0 Å². The van der Waals surface area contributed by atoms with Crippen LogP contribution in [-0.4, -0.2) is 85.9 Å². The van der Waals surface area contributed by atoms with Gasteiger partial charge in [-0.15, -0.1) is 0 Å². The molecule has 0 saturated heterocycles. The van der Waals surface area contributed by atoms with Gasteiger partial charge in [0.15, 0.2) is 16.1 Å². The van der Waals surface area contributed by atoms with Crippen LogP contribution in [0, 0.1) is 0 Å². The number of pyridine rings is 14. The van der Waals surface area contributed by atoms with Gasteiger partial charge in [-0.05, 0) is 211 Å². The van der Waals surface area contributed by atoms with E-state index in [2.05, 4.69) is 150 Å². The Hall–Kier alpha value is -12.2. The van der Waals surface area contributed by atoms with E-state index in [1.807, 2.05) is 171 Å². The molecule has 0 fully saturated rings. The van der Waals surface area contributed by atoms with Gasteiger partial charge in [0.2, 0.25) is 0 Å². The molecule has 0 spiro atoms. The van der Waals surface area contributed by atoms with Crippen molar-refractivity contribution in [3.8, 4) is 79.2 Å². The minimum Gasteiger partial charge on any atom is -0.264 e. The van der Waals surface area contributed by atoms with Gasteiger partial charge in [-0.3, -0.25) is 69.8 Å². The van der Waals surface area contributed by atoms with Crippen LogP contribution in [0.4, 0.5) is 0 Å². The molecule has 0 aliphatic rings. The fourth-order valence-electron chi connectivity index (χ4n) is 12.0. The Kier molecular flexibility index (Phi) is 16.6. The lowest BCUT2D eigenvalue weighted by Crippen LogP contribution is -2.75. The molecule has 436 valence electrons. The highest BCUT2D eigenvalue weighted by Gasteiger charge is 2.44. The maximum absolute atomic E-state index is 4.82. The van der Waals surface area contributed by atoms with Crippen molar-refractivity contribution in [3.63, 3.8) is 0 Å². The molecule has 14 nitrogen and oxygen atoms in total. The Morgan fingerprint density at radius 1 is 0.163 bits per heavy atom. The van der Waals surface area contributed by atoms with E-state index >= 15 is 0 Å². The zero-order chi connectivity index (χ0) is 61.8. The number of rotatable bonds is 15. The Balaban J connectivity index is 0.000000161. The summed E-state index contributed by atoms with van der Waals surface area (Å²) in [6.45, 7) is 0. The number of aromatic nitrogens is 14. The summed E-state index contributed by atoms with van der Waals surface area (Å²) in [6.07, 6.45) is 33.2. The molecule has 1 aromatic carbocycles. The summed E-state index contributed by atoms with van der Waals surface area (Å²) in [4.78, 5) is 64.9. The molecule has 16 heteroatoms. The van der Waals surface area contributed by atoms with Crippen LogP contribution < -0.4 is 41.5 Å². The van der Waals surface area contributed by atoms with E-state index in [-0.39, 0.29) is 0 Å². The molecule has 0 aliphatic carbocycles. The highest BCUT2D eigenvalue weighted by atomic mass is 28.3. The topological polar surface area (TPSA) is 180 Å². The van der Waals surface area contributed by atoms with Crippen molar-refractivity contribution >= 4 is 57.6 Å². The minimum absolute atomic E-state index is 0.823. The Morgan fingerprint density at radius 3 is 0.652 bits per heavy atom. The van der Waals surface area contributed by atoms with Crippen LogP contribution in [0.2, 0.25) is 0 Å². The molecule has 92 heavy (non-hydrogen) atoms. The molecule has 0 bridgehead atoms. The molecule has 15 aromatic rings. The molecule has 0 aliphatic heterocycles. The van der Waals surface area contributed by atoms with Crippen LogP contribution in [0.15, 0.2) is 330 Å². The molecule has 0 radical (unpaired) electrons. The first-order chi connectivity index (χ1) is 45.6. The summed E-state index contributed by atoms with van der Waals surface area (Å²) < 4.78 is 0. The Labute approximate surface area is 533 Å². The average molecular weight is 1220 g/mol. The van der Waals surface area contributed by atoms with Gasteiger partial charge in [0.05, 0.1) is 56.9 Å². The third-order valence-corrected chi connectivity index (χ3v) is 25.6. The first kappa shape index (κ1) is 57.5. The second kappa shape index (κ2) is 26.6. The number of nitrogens with zero attached hydrogens (tertiary/aromatic N) is 14. The molecule has 0 atom stereocenters. The van der Waals surface area contributed by atoms with Crippen LogP contribution in [0.1, 0.15) is 0 Å². The van der Waals surface area contributed by atoms with E-state index in [1.54, 1.807) is 43.4 Å². The van der Waals surface area contributed by atoms with E-state index in [9.17, 15) is 0 Å². The number of benzene rings is 1. The Bertz CT molecular complexity index is 4400. The standard InChI is InChI=1S/C40H28N8Si.C36H26N6Si/c1-5-29(25-41-13-1)37-21-33(9-17-45-37)49(34-10-18-46-38(22-34)30-6-2-14-42-26-30,35-11-19-47-39(23-35)31-7-3-15-43-27-31)36-12-20-48-40(24-36)32-8-4-16-44-28-32;1-2-10-27(11-3-1)43(28-15-21-40-34(24-28)31-12-4-7-18-37-31,29-16-22-41-35(25-29)32-13-5-8-19-38-32)30-17-23-42-36(26-30)33-14-6-9-20-39-33/h1-28H;1-26H. The second-order valence-corrected chi connectivity index (χ2v) is 29.1. The van der Waals surface area contributed by atoms with E-state index < -0.39 is 16.1 Å². The monoisotopic (exact) mass is 1220 g/mol. The van der Waals surface area contributed by atoms with Gasteiger partial charge in [-0.2, -0.15) is 0 Å². The lowest BCUT2D eigenvalue weighted by atomic mass is 10.2. The summed E-state index contributed by atoms with van der Waals surface area (Å²) in [6, 6.07) is 74.8. The fourth-order valence-corrected chi connectivity index (χ4v) is 21.4. The maximum Gasteiger partial charge on any atom is 0.180 e. The molecule has 0 amide bonds. The van der Waals surface area contributed by atoms with E-state index in [0.717, 1.165) is 99.9 Å². The highest BCUT2D eigenvalue weighted by molar-refractivity contribution is 7.20. The lowest BCUT2D eigenvalue weighted by Gasteiger charge is -2.35. The lowest BCUT2D eigenvalue weighted by molar-refractivity contribution is 1.25. The molecule has 0 unspecified atom stereocenters. The zero-order valence-electron chi connectivity index (χ0n) is 49.4. The molecular weight excluding hydrogens is 1170 g/mol. The predicted molar refractivity (Wildman–Crippen MR) is 367 cm³/mol. The smallest absolute Gasteiger partial charge is 0.180 e. The fraction of sp³-hybridized carbons (Fsp3) is 0. The zero-order valence-corrected chi connectivity index (χ0v) is 51.4. The maximum atomic E-state index is 4.82. The average Bonchev–Trinajstić information content (AvgIpc) is 0.744. The molecule has 0 saturated carbocycles. The quantitative estimate of drug-likeness (QED) is 0.0886. The van der Waals surface area contributed by atoms with Gasteiger partial charge in [0.25, 0.3) is 0 Å². The molecule has 14 heterocycles. The van der Waals surface area contributed by atoms with Crippen molar-refractivity contribution in [2.24, 2.45) is 0 Å². The van der Waals surface area contributed by atoms with Crippen molar-refractivity contribution < 1.29 is 0 Å². The van der Waals surface area contributed by atoms with Crippen LogP contribution >= 0.6 is 0 Å². The van der Waals surface area contributed by atoms with Gasteiger partial charge >= 0.3 is 0 Å². The van der Waals surface area contributed by atoms with Crippen molar-refractivity contribution in [1.82, 2.24) is 69.8 Å². The largest absolute Gasteiger partial charge is 0.264 e. The molecule has 14 aromatic heterocycles. The highest BCUT2D eigenvalue weighted by Crippen LogP contribution is 2.25.